The molecule has 9 rings (SSSR count). The molecule has 4 heterocycles. The van der Waals surface area contributed by atoms with Gasteiger partial charge in [-0.05, 0) is 104 Å². The lowest BCUT2D eigenvalue weighted by Crippen LogP contribution is -2.65. The highest BCUT2D eigenvalue weighted by Gasteiger charge is 2.69. The summed E-state index contributed by atoms with van der Waals surface area (Å²) < 4.78 is 47.2. The van der Waals surface area contributed by atoms with Gasteiger partial charge >= 0.3 is 5.97 Å². The van der Waals surface area contributed by atoms with Gasteiger partial charge < -0.3 is 104 Å². The highest BCUT2D eigenvalue weighted by molar-refractivity contribution is 5.79. The summed E-state index contributed by atoms with van der Waals surface area (Å²) in [5.41, 5.74) is -0.0547. The lowest BCUT2D eigenvalue weighted by Gasteiger charge is -2.68. The summed E-state index contributed by atoms with van der Waals surface area (Å²) in [5.74, 6) is -0.731. The maximum atomic E-state index is 15.1. The number of hydrogen-bond donors (Lipinski definition) is 13. The van der Waals surface area contributed by atoms with Gasteiger partial charge in [-0.3, -0.25) is 4.79 Å². The predicted molar refractivity (Wildman–Crippen MR) is 261 cm³/mol. The summed E-state index contributed by atoms with van der Waals surface area (Å²) in [7, 11) is 0. The molecular weight excluding hydrogens is 1000 g/mol. The Balaban J connectivity index is 0.906. The van der Waals surface area contributed by atoms with Crippen LogP contribution in [0.25, 0.3) is 0 Å². The molecule has 22 heteroatoms. The smallest absolute Gasteiger partial charge is 0.315 e. The minimum Gasteiger partial charge on any atom is -0.432 e. The monoisotopic (exact) mass is 1090 g/mol. The lowest BCUT2D eigenvalue weighted by molar-refractivity contribution is -0.361. The Hall–Kier alpha value is -1.85. The molecule has 76 heavy (non-hydrogen) atoms. The van der Waals surface area contributed by atoms with Crippen LogP contribution in [-0.2, 0) is 42.7 Å². The van der Waals surface area contributed by atoms with Gasteiger partial charge in [0.25, 0.3) is 0 Å². The fourth-order valence-corrected chi connectivity index (χ4v) is 15.7. The van der Waals surface area contributed by atoms with Gasteiger partial charge in [-0.15, -0.1) is 0 Å². The fraction of sp³-hybridized carbons (Fsp3) is 0.907. The van der Waals surface area contributed by atoms with Crippen LogP contribution in [0.1, 0.15) is 113 Å². The standard InChI is InChI=1S/C54H86O22/c1-23-32(57)35(60)39(64)45(70-23)75-43-27(21-56)72-44(42(67)38(43)63)69-22-28-34(59)37(62)41(66)47(73-28)76-48(68)54-17-15-49(2,3)19-25(54)24-9-10-30-51(6)13-12-31(74-46-40(65)36(61)33(58)26(20-55)71-46)50(4,5)29(51)11-14-53(30,8)52(24,7)16-18-54/h9-10,23,25-29,31-47,55-67H,11-22H2,1-8H3/t23-,25+,26+,27+,28+,29+,31-,32-,33+,34+,35+,36-,37-,38+,39+,40+,41+,42+,43+,44+,45-,46-,47-,51+,52+,53+,54-/m0/s1. The highest BCUT2D eigenvalue weighted by Crippen LogP contribution is 2.75. The third-order valence-corrected chi connectivity index (χ3v) is 20.8. The molecule has 22 nitrogen and oxygen atoms in total. The Bertz CT molecular complexity index is 2150. The Morgan fingerprint density at radius 1 is 0.566 bits per heavy atom. The molecule has 0 amide bonds. The maximum absolute atomic E-state index is 15.1. The van der Waals surface area contributed by atoms with Gasteiger partial charge in [-0.2, -0.15) is 0 Å². The van der Waals surface area contributed by atoms with Crippen molar-refractivity contribution in [1.82, 2.24) is 0 Å². The van der Waals surface area contributed by atoms with Gasteiger partial charge in [-0.1, -0.05) is 71.8 Å². The number of carbonyl (C=O) groups is 1. The van der Waals surface area contributed by atoms with Gasteiger partial charge in [-0.25, -0.2) is 0 Å². The average molecular weight is 1090 g/mol. The van der Waals surface area contributed by atoms with Crippen LogP contribution in [0, 0.1) is 44.3 Å². The number of allylic oxidation sites excluding steroid dienone is 4. The summed E-state index contributed by atoms with van der Waals surface area (Å²) in [6.45, 7) is 15.2. The minimum absolute atomic E-state index is 0.143. The number of esters is 1. The first-order valence-electron chi connectivity index (χ1n) is 27.4. The van der Waals surface area contributed by atoms with Crippen LogP contribution in [0.15, 0.2) is 23.3 Å². The molecule has 5 aliphatic carbocycles. The fourth-order valence-electron chi connectivity index (χ4n) is 15.7. The summed E-state index contributed by atoms with van der Waals surface area (Å²) in [6, 6.07) is 0. The maximum Gasteiger partial charge on any atom is 0.315 e. The second-order valence-electron chi connectivity index (χ2n) is 25.9. The van der Waals surface area contributed by atoms with Crippen LogP contribution < -0.4 is 0 Å². The first-order valence-corrected chi connectivity index (χ1v) is 27.4. The largest absolute Gasteiger partial charge is 0.432 e. The topological polar surface area (TPSA) is 354 Å². The quantitative estimate of drug-likeness (QED) is 0.0864. The molecule has 8 fully saturated rings. The average Bonchev–Trinajstić information content (AvgIpc) is 3.55. The summed E-state index contributed by atoms with van der Waals surface area (Å²) in [6.07, 6.45) is -21.2. The molecule has 0 radical (unpaired) electrons. The molecule has 0 unspecified atom stereocenters. The number of hydrogen-bond acceptors (Lipinski definition) is 22. The van der Waals surface area contributed by atoms with Gasteiger partial charge in [0, 0.05) is 0 Å². The van der Waals surface area contributed by atoms with Crippen LogP contribution >= 0.6 is 0 Å². The lowest BCUT2D eigenvalue weighted by atomic mass is 9.36. The SMILES string of the molecule is C[C@@H]1O[C@@H](O[C@H]2[C@H](O)[C@@H](O)[C@H](OC[C@H]3O[C@@H](OC(=O)[C@]45CCC(C)(C)C[C@@H]4C4=CC=C6[C@]7(C)CC[C@H](O[C@@H]8O[C@H](CO)[C@@H](O)[C@H](O)[C@H]8O)C(C)(C)[C@H]7CC[C@@]6(C)[C@]4(C)CC5)[C@H](O)[C@@H](O)[C@@H]3O)O[C@@H]2CO)[C@H](O)[C@H](O)[C@H]1O. The van der Waals surface area contributed by atoms with Gasteiger partial charge in [0.1, 0.15) is 91.6 Å². The van der Waals surface area contributed by atoms with E-state index in [2.05, 4.69) is 60.6 Å². The van der Waals surface area contributed by atoms with E-state index >= 15 is 4.79 Å². The second-order valence-corrected chi connectivity index (χ2v) is 25.9. The minimum atomic E-state index is -1.88. The number of aliphatic hydroxyl groups excluding tert-OH is 13. The van der Waals surface area contributed by atoms with Gasteiger partial charge in [0.05, 0.1) is 37.4 Å². The number of fused-ring (bicyclic) bond motifs is 7. The van der Waals surface area contributed by atoms with Crippen LogP contribution in [0.5, 0.6) is 0 Å². The van der Waals surface area contributed by atoms with Crippen molar-refractivity contribution in [2.24, 2.45) is 44.3 Å². The van der Waals surface area contributed by atoms with E-state index < -0.39 is 159 Å². The van der Waals surface area contributed by atoms with Crippen molar-refractivity contribution in [3.63, 3.8) is 0 Å². The third-order valence-electron chi connectivity index (χ3n) is 20.8. The van der Waals surface area contributed by atoms with E-state index in [1.54, 1.807) is 0 Å². The Morgan fingerprint density at radius 3 is 1.79 bits per heavy atom. The molecule has 0 aromatic carbocycles. The van der Waals surface area contributed by atoms with E-state index in [0.717, 1.165) is 24.8 Å². The van der Waals surface area contributed by atoms with Gasteiger partial charge in [0.2, 0.25) is 6.29 Å². The molecule has 4 saturated heterocycles. The third kappa shape index (κ3) is 9.49. The molecule has 4 aliphatic heterocycles. The van der Waals surface area contributed by atoms with E-state index in [4.69, 9.17) is 37.9 Å². The molecule has 434 valence electrons. The molecule has 0 aromatic heterocycles. The number of rotatable bonds is 11. The Kier molecular flexibility index (Phi) is 16.4. The van der Waals surface area contributed by atoms with Crippen molar-refractivity contribution >= 4 is 5.97 Å². The normalized spacial score (nSPS) is 52.9. The molecule has 27 atom stereocenters. The van der Waals surface area contributed by atoms with Crippen molar-refractivity contribution in [2.45, 2.75) is 242 Å². The number of aliphatic hydroxyl groups is 13. The molecule has 0 spiro atoms. The van der Waals surface area contributed by atoms with E-state index in [0.29, 0.717) is 38.5 Å². The number of ether oxygens (including phenoxy) is 8. The predicted octanol–water partition coefficient (Wildman–Crippen LogP) is -1.09. The Labute approximate surface area is 443 Å². The van der Waals surface area contributed by atoms with Gasteiger partial charge in [0.15, 0.2) is 18.9 Å². The van der Waals surface area contributed by atoms with Crippen LogP contribution in [0.3, 0.4) is 0 Å². The van der Waals surface area contributed by atoms with Crippen molar-refractivity contribution in [1.29, 1.82) is 0 Å². The first kappa shape index (κ1) is 58.8. The van der Waals surface area contributed by atoms with Crippen molar-refractivity contribution in [3.05, 3.63) is 23.3 Å². The van der Waals surface area contributed by atoms with Crippen LogP contribution in [0.4, 0.5) is 0 Å². The van der Waals surface area contributed by atoms with Crippen molar-refractivity contribution in [2.75, 3.05) is 19.8 Å². The summed E-state index contributed by atoms with van der Waals surface area (Å²) >= 11 is 0. The van der Waals surface area contributed by atoms with E-state index in [1.165, 1.54) is 12.5 Å². The van der Waals surface area contributed by atoms with E-state index in [9.17, 15) is 66.4 Å². The molecule has 0 bridgehead atoms. The Morgan fingerprint density at radius 2 is 1.13 bits per heavy atom. The van der Waals surface area contributed by atoms with Crippen molar-refractivity contribution in [3.8, 4) is 0 Å². The molecule has 4 saturated carbocycles. The summed E-state index contributed by atoms with van der Waals surface area (Å²) in [4.78, 5) is 15.1. The summed E-state index contributed by atoms with van der Waals surface area (Å²) in [5, 5.41) is 139. The first-order chi connectivity index (χ1) is 35.5. The van der Waals surface area contributed by atoms with E-state index in [-0.39, 0.29) is 39.6 Å². The van der Waals surface area contributed by atoms with Crippen molar-refractivity contribution < 1.29 is 109 Å². The zero-order valence-corrected chi connectivity index (χ0v) is 44.9. The highest BCUT2D eigenvalue weighted by atomic mass is 16.8. The molecule has 9 aliphatic rings. The van der Waals surface area contributed by atoms with E-state index in [1.807, 2.05) is 0 Å². The molecular formula is C54H86O22. The zero-order valence-electron chi connectivity index (χ0n) is 44.9. The molecule has 0 aromatic rings. The second kappa shape index (κ2) is 21.2. The molecule has 13 N–H and O–H groups in total. The number of carbonyl (C=O) groups excluding carboxylic acids is 1. The van der Waals surface area contributed by atoms with Crippen LogP contribution in [-0.4, -0.2) is 221 Å². The zero-order chi connectivity index (χ0) is 55.6. The van der Waals surface area contributed by atoms with Crippen LogP contribution in [0.2, 0.25) is 0 Å².